The summed E-state index contributed by atoms with van der Waals surface area (Å²) in [7, 11) is 1.58. The maximum atomic E-state index is 14.9. The lowest BCUT2D eigenvalue weighted by molar-refractivity contribution is 0.0685. The van der Waals surface area contributed by atoms with Gasteiger partial charge in [0.2, 0.25) is 5.43 Å². The molecule has 1 aliphatic heterocycles. The number of benzene rings is 1. The van der Waals surface area contributed by atoms with Crippen LogP contribution >= 0.6 is 0 Å². The first-order chi connectivity index (χ1) is 15.3. The molecule has 2 unspecified atom stereocenters. The van der Waals surface area contributed by atoms with Gasteiger partial charge in [-0.2, -0.15) is 5.10 Å². The first-order valence-corrected chi connectivity index (χ1v) is 10.7. The van der Waals surface area contributed by atoms with Crippen molar-refractivity contribution in [1.29, 1.82) is 0 Å². The van der Waals surface area contributed by atoms with E-state index in [0.29, 0.717) is 30.4 Å². The molecule has 32 heavy (non-hydrogen) atoms. The molecule has 1 aromatic heterocycles. The third-order valence-electron chi connectivity index (χ3n) is 6.92. The molecule has 0 saturated heterocycles. The molecule has 0 bridgehead atoms. The van der Waals surface area contributed by atoms with E-state index in [1.807, 2.05) is 13.0 Å². The molecule has 0 radical (unpaired) electrons. The number of rotatable bonds is 1. The molecule has 166 valence electrons. The Morgan fingerprint density at radius 3 is 2.75 bits per heavy atom. The van der Waals surface area contributed by atoms with Crippen LogP contribution in [0.25, 0.3) is 0 Å². The Morgan fingerprint density at radius 1 is 1.19 bits per heavy atom. The fourth-order valence-electron chi connectivity index (χ4n) is 5.30. The number of carbonyl (C=O) groups excluding carboxylic acids is 1. The van der Waals surface area contributed by atoms with Crippen LogP contribution in [0, 0.1) is 11.7 Å². The molecular formula is C24H23F2N3O3. The van der Waals surface area contributed by atoms with Crippen LogP contribution in [0.4, 0.5) is 8.78 Å². The summed E-state index contributed by atoms with van der Waals surface area (Å²) >= 11 is 0. The first-order valence-electron chi connectivity index (χ1n) is 10.7. The van der Waals surface area contributed by atoms with Gasteiger partial charge in [-0.05, 0) is 48.1 Å². The Bertz CT molecular complexity index is 1260. The number of halogens is 2. The average Bonchev–Trinajstić information content (AvgIpc) is 2.91. The van der Waals surface area contributed by atoms with Crippen LogP contribution in [-0.4, -0.2) is 39.3 Å². The van der Waals surface area contributed by atoms with Crippen LogP contribution in [0.1, 0.15) is 53.3 Å². The summed E-state index contributed by atoms with van der Waals surface area (Å²) in [5, 5.41) is 14.6. The number of hydrogen-bond donors (Lipinski definition) is 1. The molecule has 5 rings (SSSR count). The van der Waals surface area contributed by atoms with E-state index in [2.05, 4.69) is 5.10 Å². The number of likely N-dealkylation sites (N-methyl/N-ethyl adjacent to an activating group) is 1. The third-order valence-corrected chi connectivity index (χ3v) is 6.92. The highest BCUT2D eigenvalue weighted by molar-refractivity contribution is 5.95. The summed E-state index contributed by atoms with van der Waals surface area (Å²) in [4.78, 5) is 26.2. The number of fused-ring (bicyclic) bond motifs is 2. The van der Waals surface area contributed by atoms with Crippen molar-refractivity contribution in [3.05, 3.63) is 80.3 Å². The third kappa shape index (κ3) is 3.00. The molecule has 1 amide bonds. The van der Waals surface area contributed by atoms with E-state index < -0.39 is 29.0 Å². The van der Waals surface area contributed by atoms with Crippen LogP contribution < -0.4 is 5.43 Å². The monoisotopic (exact) mass is 439 g/mol. The molecule has 3 aliphatic rings. The number of aromatic nitrogens is 2. The summed E-state index contributed by atoms with van der Waals surface area (Å²) in [6.45, 7) is 2.04. The Morgan fingerprint density at radius 2 is 1.97 bits per heavy atom. The van der Waals surface area contributed by atoms with Gasteiger partial charge in [0.05, 0.1) is 12.2 Å². The molecule has 0 saturated carbocycles. The van der Waals surface area contributed by atoms with Crippen molar-refractivity contribution < 1.29 is 18.7 Å². The van der Waals surface area contributed by atoms with Gasteiger partial charge in [0, 0.05) is 25.4 Å². The number of amides is 1. The zero-order valence-electron chi connectivity index (χ0n) is 17.8. The van der Waals surface area contributed by atoms with Crippen LogP contribution in [0.3, 0.4) is 0 Å². The lowest BCUT2D eigenvalue weighted by Crippen LogP contribution is -2.45. The number of allylic oxidation sites excluding steroid dienone is 4. The lowest BCUT2D eigenvalue weighted by atomic mass is 9.77. The highest BCUT2D eigenvalue weighted by Gasteiger charge is 2.42. The standard InChI is InChI=1S/C24H23F2N3O3/c1-12-8-13-6-7-14-15(4-3-5-17(14)25)21(16(13)9-18(12)26)19-11-28(2)24(32)22-23(31)20(30)10-27-29(19)22/h3-5,9-10,12,19,21,31H,6-8,11H2,1-2H3/t12?,19-,21?/m0/s1. The van der Waals surface area contributed by atoms with Crippen molar-refractivity contribution in [1.82, 2.24) is 14.7 Å². The van der Waals surface area contributed by atoms with Crippen molar-refractivity contribution in [3.8, 4) is 5.75 Å². The van der Waals surface area contributed by atoms with Gasteiger partial charge < -0.3 is 10.0 Å². The van der Waals surface area contributed by atoms with Gasteiger partial charge in [0.25, 0.3) is 5.91 Å². The maximum absolute atomic E-state index is 14.9. The fraction of sp³-hybridized carbons (Fsp3) is 0.375. The van der Waals surface area contributed by atoms with Gasteiger partial charge in [-0.15, -0.1) is 0 Å². The molecule has 0 fully saturated rings. The topological polar surface area (TPSA) is 75.4 Å². The number of nitrogens with zero attached hydrogens (tertiary/aromatic N) is 3. The molecule has 3 atom stereocenters. The van der Waals surface area contributed by atoms with Gasteiger partial charge in [-0.3, -0.25) is 14.3 Å². The van der Waals surface area contributed by atoms with Gasteiger partial charge in [-0.1, -0.05) is 24.6 Å². The molecule has 1 N–H and O–H groups in total. The van der Waals surface area contributed by atoms with Gasteiger partial charge in [0.15, 0.2) is 11.4 Å². The maximum Gasteiger partial charge on any atom is 0.275 e. The van der Waals surface area contributed by atoms with Crippen molar-refractivity contribution in [2.45, 2.75) is 38.1 Å². The average molecular weight is 439 g/mol. The Kier molecular flexibility index (Phi) is 4.76. The molecule has 1 aromatic carbocycles. The van der Waals surface area contributed by atoms with E-state index in [1.165, 1.54) is 15.6 Å². The summed E-state index contributed by atoms with van der Waals surface area (Å²) < 4.78 is 31.1. The van der Waals surface area contributed by atoms with E-state index in [9.17, 15) is 23.5 Å². The minimum atomic E-state index is -0.747. The first kappa shape index (κ1) is 20.6. The van der Waals surface area contributed by atoms with E-state index in [1.54, 1.807) is 19.2 Å². The van der Waals surface area contributed by atoms with Crippen molar-refractivity contribution in [2.75, 3.05) is 13.6 Å². The zero-order valence-corrected chi connectivity index (χ0v) is 17.8. The van der Waals surface area contributed by atoms with Gasteiger partial charge >= 0.3 is 0 Å². The predicted octanol–water partition coefficient (Wildman–Crippen LogP) is 3.63. The summed E-state index contributed by atoms with van der Waals surface area (Å²) in [5.41, 5.74) is 2.17. The predicted molar refractivity (Wildman–Crippen MR) is 114 cm³/mol. The van der Waals surface area contributed by atoms with Crippen LogP contribution in [0.5, 0.6) is 5.75 Å². The fourth-order valence-corrected chi connectivity index (χ4v) is 5.30. The quantitative estimate of drug-likeness (QED) is 0.736. The van der Waals surface area contributed by atoms with E-state index >= 15 is 0 Å². The molecule has 2 aromatic rings. The normalized spacial score (nSPS) is 25.0. The van der Waals surface area contributed by atoms with E-state index in [-0.39, 0.29) is 29.8 Å². The lowest BCUT2D eigenvalue weighted by Gasteiger charge is -2.39. The second kappa shape index (κ2) is 7.39. The second-order valence-electron chi connectivity index (χ2n) is 8.88. The Hall–Kier alpha value is -3.29. The number of carbonyl (C=O) groups is 1. The Labute approximate surface area is 183 Å². The molecule has 2 heterocycles. The molecule has 6 nitrogen and oxygen atoms in total. The highest BCUT2D eigenvalue weighted by atomic mass is 19.1. The minimum absolute atomic E-state index is 0.200. The van der Waals surface area contributed by atoms with E-state index in [0.717, 1.165) is 17.3 Å². The van der Waals surface area contributed by atoms with E-state index in [4.69, 9.17) is 0 Å². The van der Waals surface area contributed by atoms with Crippen molar-refractivity contribution >= 4 is 5.91 Å². The van der Waals surface area contributed by atoms with Crippen LogP contribution in [0.15, 0.2) is 52.2 Å². The zero-order chi connectivity index (χ0) is 22.7. The van der Waals surface area contributed by atoms with Crippen molar-refractivity contribution in [3.63, 3.8) is 0 Å². The smallest absolute Gasteiger partial charge is 0.275 e. The van der Waals surface area contributed by atoms with Crippen LogP contribution in [-0.2, 0) is 6.42 Å². The van der Waals surface area contributed by atoms with Crippen molar-refractivity contribution in [2.24, 2.45) is 5.92 Å². The number of aromatic hydroxyl groups is 1. The van der Waals surface area contributed by atoms with Crippen LogP contribution in [0.2, 0.25) is 0 Å². The van der Waals surface area contributed by atoms with Gasteiger partial charge in [-0.25, -0.2) is 8.78 Å². The second-order valence-corrected chi connectivity index (χ2v) is 8.88. The number of hydrogen-bond acceptors (Lipinski definition) is 4. The highest BCUT2D eigenvalue weighted by Crippen LogP contribution is 2.48. The molecule has 2 aliphatic carbocycles. The summed E-state index contributed by atoms with van der Waals surface area (Å²) in [6, 6.07) is 4.33. The minimum Gasteiger partial charge on any atom is -0.502 e. The SMILES string of the molecule is CC1CC2=C(C=C1F)C([C@@H]1CN(C)C(=O)c3c(O)c(=O)cnn31)c1cccc(F)c1CC2. The summed E-state index contributed by atoms with van der Waals surface area (Å²) in [5.74, 6) is -2.49. The largest absolute Gasteiger partial charge is 0.502 e. The molecular weight excluding hydrogens is 416 g/mol. The van der Waals surface area contributed by atoms with Gasteiger partial charge in [0.1, 0.15) is 11.6 Å². The summed E-state index contributed by atoms with van der Waals surface area (Å²) in [6.07, 6.45) is 4.18. The Balaban J connectivity index is 1.79. The molecule has 8 heteroatoms. The molecule has 0 spiro atoms.